The van der Waals surface area contributed by atoms with Crippen LogP contribution in [-0.2, 0) is 4.79 Å². The van der Waals surface area contributed by atoms with Crippen molar-refractivity contribution in [1.82, 2.24) is 15.5 Å². The molecular weight excluding hydrogens is 242 g/mol. The van der Waals surface area contributed by atoms with Crippen LogP contribution < -0.4 is 10.6 Å². The van der Waals surface area contributed by atoms with Crippen LogP contribution in [0, 0.1) is 5.41 Å². The minimum Gasteiger partial charge on any atom is -0.396 e. The van der Waals surface area contributed by atoms with Gasteiger partial charge in [0.25, 0.3) is 0 Å². The molecule has 0 radical (unpaired) electrons. The molecular formula is C14H29N3O2. The highest BCUT2D eigenvalue weighted by molar-refractivity contribution is 5.85. The van der Waals surface area contributed by atoms with Crippen molar-refractivity contribution in [2.24, 2.45) is 5.41 Å². The van der Waals surface area contributed by atoms with E-state index in [-0.39, 0.29) is 17.9 Å². The monoisotopic (exact) mass is 271 g/mol. The molecule has 112 valence electrons. The molecule has 5 nitrogen and oxygen atoms in total. The zero-order valence-electron chi connectivity index (χ0n) is 12.8. The third-order valence-corrected chi connectivity index (χ3v) is 3.98. The van der Waals surface area contributed by atoms with Crippen molar-refractivity contribution < 1.29 is 9.90 Å². The number of carbonyl (C=O) groups excluding carboxylic acids is 1. The van der Waals surface area contributed by atoms with Gasteiger partial charge in [0, 0.05) is 39.3 Å². The maximum atomic E-state index is 12.4. The van der Waals surface area contributed by atoms with Crippen molar-refractivity contribution in [2.75, 3.05) is 39.3 Å². The molecule has 1 saturated heterocycles. The Labute approximate surface area is 116 Å². The lowest BCUT2D eigenvalue weighted by molar-refractivity contribution is -0.132. The summed E-state index contributed by atoms with van der Waals surface area (Å²) in [6.45, 7) is 12.5. The molecule has 0 saturated carbocycles. The van der Waals surface area contributed by atoms with E-state index < -0.39 is 5.54 Å². The number of hydrogen-bond acceptors (Lipinski definition) is 4. The van der Waals surface area contributed by atoms with Crippen molar-refractivity contribution in [1.29, 1.82) is 0 Å². The lowest BCUT2D eigenvalue weighted by Gasteiger charge is -2.40. The van der Waals surface area contributed by atoms with Gasteiger partial charge in [-0.3, -0.25) is 9.69 Å². The van der Waals surface area contributed by atoms with E-state index in [1.54, 1.807) is 0 Å². The Morgan fingerprint density at radius 1 is 1.26 bits per heavy atom. The van der Waals surface area contributed by atoms with Crippen LogP contribution in [0.2, 0.25) is 0 Å². The van der Waals surface area contributed by atoms with Crippen molar-refractivity contribution in [3.8, 4) is 0 Å². The van der Waals surface area contributed by atoms with Gasteiger partial charge < -0.3 is 15.7 Å². The number of carbonyl (C=O) groups is 1. The SMILES string of the molecule is CC(C)(CCO)CNC(=O)C(C)(C)N1CCNCC1. The average Bonchev–Trinajstić information content (AvgIpc) is 2.37. The topological polar surface area (TPSA) is 64.6 Å². The summed E-state index contributed by atoms with van der Waals surface area (Å²) in [5.74, 6) is 0.0698. The molecule has 1 amide bonds. The second-order valence-corrected chi connectivity index (χ2v) is 6.62. The zero-order valence-corrected chi connectivity index (χ0v) is 12.8. The predicted molar refractivity (Wildman–Crippen MR) is 77.0 cm³/mol. The van der Waals surface area contributed by atoms with Gasteiger partial charge >= 0.3 is 0 Å². The molecule has 0 atom stereocenters. The zero-order chi connectivity index (χ0) is 14.5. The first-order valence-corrected chi connectivity index (χ1v) is 7.14. The van der Waals surface area contributed by atoms with E-state index in [2.05, 4.69) is 29.4 Å². The average molecular weight is 271 g/mol. The molecule has 1 fully saturated rings. The van der Waals surface area contributed by atoms with E-state index in [1.807, 2.05) is 13.8 Å². The minimum atomic E-state index is -0.475. The lowest BCUT2D eigenvalue weighted by atomic mass is 9.89. The van der Waals surface area contributed by atoms with Gasteiger partial charge in [0.05, 0.1) is 5.54 Å². The van der Waals surface area contributed by atoms with Gasteiger partial charge in [-0.15, -0.1) is 0 Å². The molecule has 0 aromatic heterocycles. The van der Waals surface area contributed by atoms with Crippen LogP contribution in [0.1, 0.15) is 34.1 Å². The molecule has 0 unspecified atom stereocenters. The number of hydrogen-bond donors (Lipinski definition) is 3. The van der Waals surface area contributed by atoms with Gasteiger partial charge in [0.1, 0.15) is 0 Å². The molecule has 5 heteroatoms. The van der Waals surface area contributed by atoms with Crippen molar-refractivity contribution in [3.63, 3.8) is 0 Å². The van der Waals surface area contributed by atoms with E-state index >= 15 is 0 Å². The Hall–Kier alpha value is -0.650. The number of nitrogens with one attached hydrogen (secondary N) is 2. The molecule has 1 aliphatic heterocycles. The summed E-state index contributed by atoms with van der Waals surface area (Å²) in [5, 5.41) is 15.3. The van der Waals surface area contributed by atoms with Crippen LogP contribution in [0.5, 0.6) is 0 Å². The molecule has 3 N–H and O–H groups in total. The van der Waals surface area contributed by atoms with Crippen molar-refractivity contribution in [3.05, 3.63) is 0 Å². The minimum absolute atomic E-state index is 0.0655. The molecule has 19 heavy (non-hydrogen) atoms. The summed E-state index contributed by atoms with van der Waals surface area (Å²) in [7, 11) is 0. The molecule has 0 spiro atoms. The number of piperazine rings is 1. The van der Waals surface area contributed by atoms with Crippen LogP contribution >= 0.6 is 0 Å². The van der Waals surface area contributed by atoms with Gasteiger partial charge in [-0.1, -0.05) is 13.8 Å². The highest BCUT2D eigenvalue weighted by Crippen LogP contribution is 2.20. The number of amides is 1. The van der Waals surface area contributed by atoms with Crippen molar-refractivity contribution >= 4 is 5.91 Å². The summed E-state index contributed by atoms with van der Waals surface area (Å²) in [4.78, 5) is 14.6. The Kier molecular flexibility index (Phi) is 5.77. The van der Waals surface area contributed by atoms with Crippen LogP contribution in [0.15, 0.2) is 0 Å². The Balaban J connectivity index is 2.51. The smallest absolute Gasteiger partial charge is 0.239 e. The fraction of sp³-hybridized carbons (Fsp3) is 0.929. The van der Waals surface area contributed by atoms with E-state index in [0.717, 1.165) is 26.2 Å². The lowest BCUT2D eigenvalue weighted by Crippen LogP contribution is -2.60. The molecule has 0 aromatic carbocycles. The second kappa shape index (κ2) is 6.68. The van der Waals surface area contributed by atoms with Gasteiger partial charge in [-0.2, -0.15) is 0 Å². The summed E-state index contributed by atoms with van der Waals surface area (Å²) in [6, 6.07) is 0. The van der Waals surface area contributed by atoms with E-state index in [0.29, 0.717) is 13.0 Å². The molecule has 0 aliphatic carbocycles. The van der Waals surface area contributed by atoms with Crippen LogP contribution in [-0.4, -0.2) is 60.8 Å². The second-order valence-electron chi connectivity index (χ2n) is 6.62. The normalized spacial score (nSPS) is 18.4. The van der Waals surface area contributed by atoms with Gasteiger partial charge in [0.15, 0.2) is 0 Å². The van der Waals surface area contributed by atoms with Crippen molar-refractivity contribution in [2.45, 2.75) is 39.7 Å². The van der Waals surface area contributed by atoms with Crippen LogP contribution in [0.4, 0.5) is 0 Å². The Bertz CT molecular complexity index is 297. The third-order valence-electron chi connectivity index (χ3n) is 3.98. The number of nitrogens with zero attached hydrogens (tertiary/aromatic N) is 1. The standard InChI is InChI=1S/C14H29N3O2/c1-13(2,5-10-18)11-16-12(19)14(3,4)17-8-6-15-7-9-17/h15,18H,5-11H2,1-4H3,(H,16,19). The quantitative estimate of drug-likeness (QED) is 0.645. The highest BCUT2D eigenvalue weighted by atomic mass is 16.3. The third kappa shape index (κ3) is 4.75. The molecule has 0 bridgehead atoms. The van der Waals surface area contributed by atoms with Gasteiger partial charge in [0.2, 0.25) is 5.91 Å². The van der Waals surface area contributed by atoms with Crippen LogP contribution in [0.3, 0.4) is 0 Å². The predicted octanol–water partition coefficient (Wildman–Crippen LogP) is 0.195. The first-order valence-electron chi connectivity index (χ1n) is 7.14. The Morgan fingerprint density at radius 3 is 2.37 bits per heavy atom. The maximum Gasteiger partial charge on any atom is 0.239 e. The van der Waals surface area contributed by atoms with Gasteiger partial charge in [-0.05, 0) is 25.7 Å². The molecule has 1 rings (SSSR count). The van der Waals surface area contributed by atoms with E-state index in [9.17, 15) is 4.79 Å². The Morgan fingerprint density at radius 2 is 1.84 bits per heavy atom. The highest BCUT2D eigenvalue weighted by Gasteiger charge is 2.35. The molecule has 0 aromatic rings. The first kappa shape index (κ1) is 16.4. The summed E-state index contributed by atoms with van der Waals surface area (Å²) < 4.78 is 0. The summed E-state index contributed by atoms with van der Waals surface area (Å²) in [5.41, 5.74) is -0.540. The maximum absolute atomic E-state index is 12.4. The fourth-order valence-electron chi connectivity index (χ4n) is 2.29. The fourth-order valence-corrected chi connectivity index (χ4v) is 2.29. The summed E-state index contributed by atoms with van der Waals surface area (Å²) >= 11 is 0. The van der Waals surface area contributed by atoms with E-state index in [1.165, 1.54) is 0 Å². The number of aliphatic hydroxyl groups is 1. The first-order chi connectivity index (χ1) is 8.79. The van der Waals surface area contributed by atoms with Crippen LogP contribution in [0.25, 0.3) is 0 Å². The molecule has 1 aliphatic rings. The molecule has 1 heterocycles. The number of rotatable bonds is 6. The van der Waals surface area contributed by atoms with Gasteiger partial charge in [-0.25, -0.2) is 0 Å². The summed E-state index contributed by atoms with van der Waals surface area (Å²) in [6.07, 6.45) is 0.696. The van der Waals surface area contributed by atoms with E-state index in [4.69, 9.17) is 5.11 Å². The largest absolute Gasteiger partial charge is 0.396 e. The number of aliphatic hydroxyl groups excluding tert-OH is 1.